The maximum absolute atomic E-state index is 9.63. The van der Waals surface area contributed by atoms with Crippen molar-refractivity contribution in [2.24, 2.45) is 0 Å². The summed E-state index contributed by atoms with van der Waals surface area (Å²) in [6.45, 7) is 2.68. The molecule has 0 bridgehead atoms. The van der Waals surface area contributed by atoms with Crippen LogP contribution in [0.3, 0.4) is 0 Å². The van der Waals surface area contributed by atoms with Gasteiger partial charge in [0, 0.05) is 13.0 Å². The minimum Gasteiger partial charge on any atom is -0.497 e. The Morgan fingerprint density at radius 3 is 2.88 bits per heavy atom. The van der Waals surface area contributed by atoms with E-state index in [4.69, 9.17) is 9.47 Å². The number of aliphatic hydroxyl groups is 1. The number of methoxy groups -OCH3 is 1. The summed E-state index contributed by atoms with van der Waals surface area (Å²) >= 11 is 0. The van der Waals surface area contributed by atoms with Gasteiger partial charge in [-0.3, -0.25) is 0 Å². The molecule has 1 aromatic carbocycles. The first-order chi connectivity index (χ1) is 7.70. The van der Waals surface area contributed by atoms with Crippen LogP contribution >= 0.6 is 0 Å². The number of benzene rings is 1. The van der Waals surface area contributed by atoms with Crippen molar-refractivity contribution in [3.63, 3.8) is 0 Å². The Kier molecular flexibility index (Phi) is 3.46. The monoisotopic (exact) mass is 222 g/mol. The van der Waals surface area contributed by atoms with Gasteiger partial charge in [-0.05, 0) is 36.6 Å². The zero-order valence-electron chi connectivity index (χ0n) is 9.77. The fourth-order valence-electron chi connectivity index (χ4n) is 2.13. The van der Waals surface area contributed by atoms with E-state index in [9.17, 15) is 5.11 Å². The van der Waals surface area contributed by atoms with Crippen molar-refractivity contribution in [3.05, 3.63) is 29.3 Å². The standard InChI is InChI=1S/C13H18O3/c1-9-7-11(15-2)3-4-12(9)13-8-10(14)5-6-16-13/h3-4,7,10,13-14H,5-6,8H2,1-2H3. The Labute approximate surface area is 96.0 Å². The summed E-state index contributed by atoms with van der Waals surface area (Å²) in [5.41, 5.74) is 2.30. The predicted octanol–water partition coefficient (Wildman–Crippen LogP) is 2.22. The van der Waals surface area contributed by atoms with E-state index in [1.54, 1.807) is 7.11 Å². The molecule has 1 heterocycles. The Morgan fingerprint density at radius 2 is 2.25 bits per heavy atom. The van der Waals surface area contributed by atoms with Gasteiger partial charge in [0.1, 0.15) is 5.75 Å². The number of ether oxygens (including phenoxy) is 2. The maximum atomic E-state index is 9.63. The molecule has 1 aliphatic heterocycles. The summed E-state index contributed by atoms with van der Waals surface area (Å²) < 4.78 is 10.9. The molecular weight excluding hydrogens is 204 g/mol. The molecule has 0 radical (unpaired) electrons. The van der Waals surface area contributed by atoms with E-state index < -0.39 is 0 Å². The number of hydrogen-bond donors (Lipinski definition) is 1. The average Bonchev–Trinajstić information content (AvgIpc) is 2.28. The molecule has 1 aromatic rings. The molecule has 0 saturated carbocycles. The largest absolute Gasteiger partial charge is 0.497 e. The van der Waals surface area contributed by atoms with Gasteiger partial charge in [-0.2, -0.15) is 0 Å². The van der Waals surface area contributed by atoms with Crippen LogP contribution in [0, 0.1) is 6.92 Å². The summed E-state index contributed by atoms with van der Waals surface area (Å²) in [5, 5.41) is 9.63. The van der Waals surface area contributed by atoms with Crippen LogP contribution in [0.2, 0.25) is 0 Å². The Morgan fingerprint density at radius 1 is 1.44 bits per heavy atom. The second-order valence-electron chi connectivity index (χ2n) is 4.26. The van der Waals surface area contributed by atoms with Crippen LogP contribution in [0.25, 0.3) is 0 Å². The van der Waals surface area contributed by atoms with E-state index in [-0.39, 0.29) is 12.2 Å². The normalized spacial score (nSPS) is 25.4. The molecule has 0 aromatic heterocycles. The van der Waals surface area contributed by atoms with Gasteiger partial charge in [0.05, 0.1) is 19.3 Å². The van der Waals surface area contributed by atoms with E-state index in [0.717, 1.165) is 23.3 Å². The summed E-state index contributed by atoms with van der Waals surface area (Å²) in [6, 6.07) is 5.96. The molecule has 2 atom stereocenters. The number of aliphatic hydroxyl groups excluding tert-OH is 1. The van der Waals surface area contributed by atoms with Gasteiger partial charge < -0.3 is 14.6 Å². The highest BCUT2D eigenvalue weighted by molar-refractivity contribution is 5.36. The third-order valence-corrected chi connectivity index (χ3v) is 3.08. The molecule has 3 nitrogen and oxygen atoms in total. The third kappa shape index (κ3) is 2.36. The van der Waals surface area contributed by atoms with E-state index in [1.165, 1.54) is 0 Å². The fourth-order valence-corrected chi connectivity index (χ4v) is 2.13. The molecule has 1 fully saturated rings. The van der Waals surface area contributed by atoms with Crippen molar-refractivity contribution in [2.45, 2.75) is 32.0 Å². The fraction of sp³-hybridized carbons (Fsp3) is 0.538. The quantitative estimate of drug-likeness (QED) is 0.833. The molecular formula is C13H18O3. The zero-order valence-corrected chi connectivity index (χ0v) is 9.77. The minimum atomic E-state index is -0.236. The van der Waals surface area contributed by atoms with Gasteiger partial charge >= 0.3 is 0 Å². The lowest BCUT2D eigenvalue weighted by atomic mass is 9.96. The van der Waals surface area contributed by atoms with Crippen molar-refractivity contribution < 1.29 is 14.6 Å². The third-order valence-electron chi connectivity index (χ3n) is 3.08. The summed E-state index contributed by atoms with van der Waals surface area (Å²) in [6.07, 6.45) is 1.22. The van der Waals surface area contributed by atoms with Crippen molar-refractivity contribution >= 4 is 0 Å². The Hall–Kier alpha value is -1.06. The van der Waals surface area contributed by atoms with Crippen LogP contribution in [-0.4, -0.2) is 24.9 Å². The Bertz CT molecular complexity index is 362. The van der Waals surface area contributed by atoms with E-state index in [2.05, 4.69) is 0 Å². The highest BCUT2D eigenvalue weighted by Gasteiger charge is 2.23. The van der Waals surface area contributed by atoms with Gasteiger partial charge in [0.25, 0.3) is 0 Å². The van der Waals surface area contributed by atoms with Crippen molar-refractivity contribution in [3.8, 4) is 5.75 Å². The maximum Gasteiger partial charge on any atom is 0.119 e. The highest BCUT2D eigenvalue weighted by atomic mass is 16.5. The molecule has 0 amide bonds. The van der Waals surface area contributed by atoms with Gasteiger partial charge in [0.15, 0.2) is 0 Å². The number of aryl methyl sites for hydroxylation is 1. The first kappa shape index (κ1) is 11.4. The van der Waals surface area contributed by atoms with Crippen molar-refractivity contribution in [1.29, 1.82) is 0 Å². The molecule has 1 aliphatic rings. The van der Waals surface area contributed by atoms with E-state index in [0.29, 0.717) is 13.0 Å². The smallest absolute Gasteiger partial charge is 0.119 e. The lowest BCUT2D eigenvalue weighted by Gasteiger charge is -2.28. The predicted molar refractivity (Wildman–Crippen MR) is 61.7 cm³/mol. The van der Waals surface area contributed by atoms with Gasteiger partial charge in [0.2, 0.25) is 0 Å². The number of rotatable bonds is 2. The van der Waals surface area contributed by atoms with Crippen LogP contribution in [0.4, 0.5) is 0 Å². The summed E-state index contributed by atoms with van der Waals surface area (Å²) in [4.78, 5) is 0. The molecule has 16 heavy (non-hydrogen) atoms. The van der Waals surface area contributed by atoms with Gasteiger partial charge in [-0.25, -0.2) is 0 Å². The summed E-state index contributed by atoms with van der Waals surface area (Å²) in [5.74, 6) is 0.859. The SMILES string of the molecule is COc1ccc(C2CC(O)CCO2)c(C)c1. The molecule has 0 aliphatic carbocycles. The second kappa shape index (κ2) is 4.85. The lowest BCUT2D eigenvalue weighted by Crippen LogP contribution is -2.23. The van der Waals surface area contributed by atoms with Gasteiger partial charge in [-0.15, -0.1) is 0 Å². The lowest BCUT2D eigenvalue weighted by molar-refractivity contribution is -0.0450. The van der Waals surface area contributed by atoms with Crippen LogP contribution in [0.5, 0.6) is 5.75 Å². The first-order valence-electron chi connectivity index (χ1n) is 5.65. The van der Waals surface area contributed by atoms with Crippen molar-refractivity contribution in [1.82, 2.24) is 0 Å². The average molecular weight is 222 g/mol. The Balaban J connectivity index is 2.19. The van der Waals surface area contributed by atoms with Crippen LogP contribution in [0.15, 0.2) is 18.2 Å². The summed E-state index contributed by atoms with van der Waals surface area (Å²) in [7, 11) is 1.66. The van der Waals surface area contributed by atoms with Crippen molar-refractivity contribution in [2.75, 3.05) is 13.7 Å². The molecule has 1 N–H and O–H groups in total. The second-order valence-corrected chi connectivity index (χ2v) is 4.26. The highest BCUT2D eigenvalue weighted by Crippen LogP contribution is 2.31. The van der Waals surface area contributed by atoms with Crippen LogP contribution < -0.4 is 4.74 Å². The molecule has 0 spiro atoms. The molecule has 2 unspecified atom stereocenters. The molecule has 2 rings (SSSR count). The molecule has 3 heteroatoms. The molecule has 1 saturated heterocycles. The van der Waals surface area contributed by atoms with Crippen LogP contribution in [0.1, 0.15) is 30.1 Å². The van der Waals surface area contributed by atoms with Crippen LogP contribution in [-0.2, 0) is 4.74 Å². The minimum absolute atomic E-state index is 0.0228. The first-order valence-corrected chi connectivity index (χ1v) is 5.65. The van der Waals surface area contributed by atoms with E-state index in [1.807, 2.05) is 25.1 Å². The number of hydrogen-bond acceptors (Lipinski definition) is 3. The zero-order chi connectivity index (χ0) is 11.5. The van der Waals surface area contributed by atoms with Gasteiger partial charge in [-0.1, -0.05) is 6.07 Å². The molecule has 88 valence electrons. The van der Waals surface area contributed by atoms with E-state index >= 15 is 0 Å². The topological polar surface area (TPSA) is 38.7 Å².